The van der Waals surface area contributed by atoms with Crippen LogP contribution in [0.4, 0.5) is 0 Å². The van der Waals surface area contributed by atoms with Crippen molar-refractivity contribution in [1.29, 1.82) is 0 Å². The summed E-state index contributed by atoms with van der Waals surface area (Å²) in [5.74, 6) is 0.0209. The number of rotatable bonds is 3. The zero-order valence-electron chi connectivity index (χ0n) is 10.9. The van der Waals surface area contributed by atoms with Crippen molar-refractivity contribution in [3.63, 3.8) is 0 Å². The number of hydrogen-bond donors (Lipinski definition) is 0. The Morgan fingerprint density at radius 1 is 1.28 bits per heavy atom. The molecule has 2 heterocycles. The minimum Gasteiger partial charge on any atom is -0.292 e. The molecule has 0 saturated heterocycles. The molecule has 2 aromatic rings. The third-order valence-corrected chi connectivity index (χ3v) is 2.23. The van der Waals surface area contributed by atoms with Crippen molar-refractivity contribution in [2.24, 2.45) is 0 Å². The monoisotopic (exact) mass is 243 g/mol. The first-order valence-corrected chi connectivity index (χ1v) is 6.07. The molecule has 0 N–H and O–H groups in total. The minimum atomic E-state index is 0.0209. The molecule has 4 nitrogen and oxygen atoms in total. The van der Waals surface area contributed by atoms with Gasteiger partial charge in [0.25, 0.3) is 0 Å². The number of Topliss-reactive ketones (excluding diaryl/α,β-unsaturated/α-hetero) is 1. The summed E-state index contributed by atoms with van der Waals surface area (Å²) in [5, 5.41) is 0. The van der Waals surface area contributed by atoms with Gasteiger partial charge in [-0.3, -0.25) is 9.78 Å². The third kappa shape index (κ3) is 3.45. The van der Waals surface area contributed by atoms with Crippen LogP contribution >= 0.6 is 0 Å². The molecule has 0 aliphatic heterocycles. The molecule has 0 saturated carbocycles. The van der Waals surface area contributed by atoms with Crippen LogP contribution in [0.25, 0.3) is 11.3 Å². The molecule has 0 aliphatic rings. The lowest BCUT2D eigenvalue weighted by Crippen LogP contribution is -2.01. The Kier molecular flexibility index (Phi) is 5.64. The van der Waals surface area contributed by atoms with Crippen LogP contribution in [0.3, 0.4) is 0 Å². The van der Waals surface area contributed by atoms with Crippen molar-refractivity contribution in [3.05, 3.63) is 42.6 Å². The molecule has 0 fully saturated rings. The fraction of sp³-hybridized carbons (Fsp3) is 0.286. The lowest BCUT2D eigenvalue weighted by Gasteiger charge is -2.01. The lowest BCUT2D eigenvalue weighted by atomic mass is 10.1. The molecule has 0 unspecified atom stereocenters. The predicted octanol–water partition coefficient (Wildman–Crippen LogP) is 3.16. The molecule has 0 aromatic carbocycles. The first kappa shape index (κ1) is 14.0. The summed E-state index contributed by atoms with van der Waals surface area (Å²) in [7, 11) is 0. The van der Waals surface area contributed by atoms with E-state index in [0.29, 0.717) is 12.1 Å². The predicted molar refractivity (Wildman–Crippen MR) is 71.2 cm³/mol. The van der Waals surface area contributed by atoms with Crippen molar-refractivity contribution in [2.45, 2.75) is 27.2 Å². The van der Waals surface area contributed by atoms with Gasteiger partial charge >= 0.3 is 0 Å². The second-order valence-corrected chi connectivity index (χ2v) is 3.31. The highest BCUT2D eigenvalue weighted by molar-refractivity contribution is 5.94. The van der Waals surface area contributed by atoms with Gasteiger partial charge in [0.1, 0.15) is 12.0 Å². The third-order valence-electron chi connectivity index (χ3n) is 2.23. The van der Waals surface area contributed by atoms with E-state index in [-0.39, 0.29) is 5.78 Å². The van der Waals surface area contributed by atoms with Gasteiger partial charge in [0.2, 0.25) is 0 Å². The van der Waals surface area contributed by atoms with Gasteiger partial charge in [-0.1, -0.05) is 20.8 Å². The average molecular weight is 243 g/mol. The Hall–Kier alpha value is -2.10. The van der Waals surface area contributed by atoms with E-state index in [0.717, 1.165) is 11.3 Å². The molecule has 0 atom stereocenters. The van der Waals surface area contributed by atoms with Crippen LogP contribution in [-0.2, 0) is 0 Å². The Balaban J connectivity index is 0.000000771. The minimum absolute atomic E-state index is 0.0209. The molecule has 4 heteroatoms. The first-order valence-electron chi connectivity index (χ1n) is 6.07. The summed E-state index contributed by atoms with van der Waals surface area (Å²) in [5.41, 5.74) is 2.06. The maximum absolute atomic E-state index is 11.5. The first-order chi connectivity index (χ1) is 8.81. The SMILES string of the molecule is CC.CCC(=O)c1cc(-c2cccnc2)ncn1. The molecular formula is C14H17N3O. The van der Waals surface area contributed by atoms with Crippen molar-refractivity contribution in [3.8, 4) is 11.3 Å². The Bertz CT molecular complexity index is 497. The second-order valence-electron chi connectivity index (χ2n) is 3.31. The van der Waals surface area contributed by atoms with E-state index in [1.165, 1.54) is 6.33 Å². The zero-order chi connectivity index (χ0) is 13.4. The van der Waals surface area contributed by atoms with Gasteiger partial charge in [-0.2, -0.15) is 0 Å². The molecule has 2 aromatic heterocycles. The number of carbonyl (C=O) groups is 1. The summed E-state index contributed by atoms with van der Waals surface area (Å²) in [6, 6.07) is 5.43. The van der Waals surface area contributed by atoms with Crippen molar-refractivity contribution in [2.75, 3.05) is 0 Å². The van der Waals surface area contributed by atoms with E-state index < -0.39 is 0 Å². The molecule has 0 bridgehead atoms. The van der Waals surface area contributed by atoms with Crippen molar-refractivity contribution >= 4 is 5.78 Å². The van der Waals surface area contributed by atoms with Gasteiger partial charge in [-0.05, 0) is 18.2 Å². The molecule has 0 amide bonds. The molecular weight excluding hydrogens is 226 g/mol. The highest BCUT2D eigenvalue weighted by atomic mass is 16.1. The van der Waals surface area contributed by atoms with Gasteiger partial charge in [0.05, 0.1) is 5.69 Å². The van der Waals surface area contributed by atoms with E-state index in [2.05, 4.69) is 15.0 Å². The summed E-state index contributed by atoms with van der Waals surface area (Å²) in [6.45, 7) is 5.81. The zero-order valence-corrected chi connectivity index (χ0v) is 10.9. The molecule has 0 aliphatic carbocycles. The van der Waals surface area contributed by atoms with Gasteiger partial charge in [-0.25, -0.2) is 9.97 Å². The van der Waals surface area contributed by atoms with E-state index in [1.807, 2.05) is 32.9 Å². The van der Waals surface area contributed by atoms with Crippen LogP contribution < -0.4 is 0 Å². The number of pyridine rings is 1. The lowest BCUT2D eigenvalue weighted by molar-refractivity contribution is 0.0983. The van der Waals surface area contributed by atoms with Gasteiger partial charge in [0.15, 0.2) is 5.78 Å². The number of ketones is 1. The van der Waals surface area contributed by atoms with Gasteiger partial charge < -0.3 is 0 Å². The molecule has 0 radical (unpaired) electrons. The Morgan fingerprint density at radius 2 is 2.06 bits per heavy atom. The van der Waals surface area contributed by atoms with E-state index >= 15 is 0 Å². The summed E-state index contributed by atoms with van der Waals surface area (Å²) in [4.78, 5) is 23.6. The maximum atomic E-state index is 11.5. The fourth-order valence-corrected chi connectivity index (χ4v) is 1.36. The number of nitrogens with zero attached hydrogens (tertiary/aromatic N) is 3. The number of carbonyl (C=O) groups excluding carboxylic acids is 1. The quantitative estimate of drug-likeness (QED) is 0.777. The number of hydrogen-bond acceptors (Lipinski definition) is 4. The number of aromatic nitrogens is 3. The van der Waals surface area contributed by atoms with Crippen LogP contribution in [0.5, 0.6) is 0 Å². The summed E-state index contributed by atoms with van der Waals surface area (Å²) >= 11 is 0. The summed E-state index contributed by atoms with van der Waals surface area (Å²) < 4.78 is 0. The Morgan fingerprint density at radius 3 is 2.67 bits per heavy atom. The maximum Gasteiger partial charge on any atom is 0.181 e. The van der Waals surface area contributed by atoms with E-state index in [1.54, 1.807) is 18.5 Å². The van der Waals surface area contributed by atoms with Crippen LogP contribution in [-0.4, -0.2) is 20.7 Å². The largest absolute Gasteiger partial charge is 0.292 e. The molecule has 94 valence electrons. The Labute approximate surface area is 107 Å². The standard InChI is InChI=1S/C12H11N3O.C2H6/c1-2-12(16)11-6-10(14-8-15-11)9-4-3-5-13-7-9;1-2/h3-8H,2H2,1H3;1-2H3. The van der Waals surface area contributed by atoms with E-state index in [9.17, 15) is 4.79 Å². The van der Waals surface area contributed by atoms with Crippen LogP contribution in [0.1, 0.15) is 37.7 Å². The smallest absolute Gasteiger partial charge is 0.181 e. The van der Waals surface area contributed by atoms with Crippen molar-refractivity contribution in [1.82, 2.24) is 15.0 Å². The summed E-state index contributed by atoms with van der Waals surface area (Å²) in [6.07, 6.45) is 5.26. The van der Waals surface area contributed by atoms with Crippen molar-refractivity contribution < 1.29 is 4.79 Å². The highest BCUT2D eigenvalue weighted by Gasteiger charge is 2.07. The second kappa shape index (κ2) is 7.27. The van der Waals surface area contributed by atoms with Crippen LogP contribution in [0.2, 0.25) is 0 Å². The average Bonchev–Trinajstić information content (AvgIpc) is 2.49. The van der Waals surface area contributed by atoms with Gasteiger partial charge in [-0.15, -0.1) is 0 Å². The molecule has 0 spiro atoms. The highest BCUT2D eigenvalue weighted by Crippen LogP contribution is 2.15. The topological polar surface area (TPSA) is 55.7 Å². The molecule has 18 heavy (non-hydrogen) atoms. The van der Waals surface area contributed by atoms with Gasteiger partial charge in [0, 0.05) is 24.4 Å². The van der Waals surface area contributed by atoms with Crippen LogP contribution in [0.15, 0.2) is 36.9 Å². The fourth-order valence-electron chi connectivity index (χ4n) is 1.36. The molecule has 2 rings (SSSR count). The van der Waals surface area contributed by atoms with E-state index in [4.69, 9.17) is 0 Å². The normalized spacial score (nSPS) is 9.28. The van der Waals surface area contributed by atoms with Crippen LogP contribution in [0, 0.1) is 0 Å².